The van der Waals surface area contributed by atoms with Gasteiger partial charge >= 0.3 is 0 Å². The van der Waals surface area contributed by atoms with Crippen molar-refractivity contribution in [3.63, 3.8) is 0 Å². The fourth-order valence-corrected chi connectivity index (χ4v) is 4.83. The van der Waals surface area contributed by atoms with Gasteiger partial charge in [0.25, 0.3) is 0 Å². The van der Waals surface area contributed by atoms with Crippen molar-refractivity contribution in [2.75, 3.05) is 11.5 Å². The van der Waals surface area contributed by atoms with Crippen LogP contribution in [0.1, 0.15) is 69.5 Å². The summed E-state index contributed by atoms with van der Waals surface area (Å²) >= 11 is 0. The largest absolute Gasteiger partial charge is 0.328 e. The molecular weight excluding hydrogens is 346 g/mol. The maximum absolute atomic E-state index is 12.0. The van der Waals surface area contributed by atoms with E-state index in [2.05, 4.69) is 23.4 Å². The van der Waals surface area contributed by atoms with Gasteiger partial charge in [-0.2, -0.15) is 0 Å². The maximum Gasteiger partial charge on any atom is 0.150 e. The number of rotatable bonds is 11. The minimum Gasteiger partial charge on any atom is -0.328 e. The summed E-state index contributed by atoms with van der Waals surface area (Å²) in [6, 6.07) is 0. The van der Waals surface area contributed by atoms with Crippen LogP contribution in [0.3, 0.4) is 0 Å². The third kappa shape index (κ3) is 5.29. The van der Waals surface area contributed by atoms with Crippen LogP contribution < -0.4 is 0 Å². The summed E-state index contributed by atoms with van der Waals surface area (Å²) in [5.41, 5.74) is 4.32. The van der Waals surface area contributed by atoms with Gasteiger partial charge in [0.05, 0.1) is 23.2 Å². The number of hydrogen-bond acceptors (Lipinski definition) is 4. The summed E-state index contributed by atoms with van der Waals surface area (Å²) < 4.78 is 26.4. The number of imidazole rings is 1. The molecule has 0 saturated heterocycles. The SMILES string of the molecule is CCCCc1nc2cnc(C)c(C)c2n1CCCCS(=O)(=O)CCCC. The molecule has 0 bridgehead atoms. The number of aromatic nitrogens is 3. The number of unbranched alkanes of at least 4 members (excludes halogenated alkanes) is 3. The molecule has 0 spiro atoms. The normalized spacial score (nSPS) is 12.2. The molecule has 0 unspecified atom stereocenters. The number of fused-ring (bicyclic) bond motifs is 1. The number of sulfone groups is 1. The summed E-state index contributed by atoms with van der Waals surface area (Å²) in [6.07, 6.45) is 8.32. The lowest BCUT2D eigenvalue weighted by Gasteiger charge is -2.11. The predicted octanol–water partition coefficient (Wildman–Crippen LogP) is 4.39. The molecule has 0 radical (unpaired) electrons. The lowest BCUT2D eigenvalue weighted by molar-refractivity contribution is 0.575. The molecule has 2 aromatic rings. The van der Waals surface area contributed by atoms with Gasteiger partial charge in [-0.15, -0.1) is 0 Å². The van der Waals surface area contributed by atoms with Gasteiger partial charge in [0, 0.05) is 18.7 Å². The first-order chi connectivity index (χ1) is 12.4. The van der Waals surface area contributed by atoms with Gasteiger partial charge in [0.2, 0.25) is 0 Å². The molecule has 0 aliphatic rings. The van der Waals surface area contributed by atoms with Crippen molar-refractivity contribution >= 4 is 20.9 Å². The highest BCUT2D eigenvalue weighted by Gasteiger charge is 2.15. The Morgan fingerprint density at radius 1 is 1.00 bits per heavy atom. The van der Waals surface area contributed by atoms with Gasteiger partial charge in [0.15, 0.2) is 0 Å². The van der Waals surface area contributed by atoms with E-state index in [1.54, 1.807) is 0 Å². The second kappa shape index (κ2) is 9.49. The Kier molecular flexibility index (Phi) is 7.62. The number of hydrogen-bond donors (Lipinski definition) is 0. The summed E-state index contributed by atoms with van der Waals surface area (Å²) in [5, 5.41) is 0. The smallest absolute Gasteiger partial charge is 0.150 e. The fourth-order valence-electron chi connectivity index (χ4n) is 3.26. The molecule has 2 heterocycles. The Bertz CT molecular complexity index is 825. The Hall–Kier alpha value is -1.43. The monoisotopic (exact) mass is 379 g/mol. The van der Waals surface area contributed by atoms with E-state index >= 15 is 0 Å². The average molecular weight is 380 g/mol. The second-order valence-corrected chi connectivity index (χ2v) is 9.50. The topological polar surface area (TPSA) is 64.8 Å². The Labute approximate surface area is 158 Å². The van der Waals surface area contributed by atoms with Gasteiger partial charge < -0.3 is 4.57 Å². The molecule has 0 amide bonds. The minimum absolute atomic E-state index is 0.295. The van der Waals surface area contributed by atoms with Crippen molar-refractivity contribution in [2.24, 2.45) is 0 Å². The second-order valence-electron chi connectivity index (χ2n) is 7.20. The quantitative estimate of drug-likeness (QED) is 0.543. The van der Waals surface area contributed by atoms with Gasteiger partial charge in [-0.25, -0.2) is 13.4 Å². The van der Waals surface area contributed by atoms with Gasteiger partial charge in [-0.05, 0) is 45.1 Å². The van der Waals surface area contributed by atoms with Crippen LogP contribution in [0.4, 0.5) is 0 Å². The Morgan fingerprint density at radius 2 is 1.69 bits per heavy atom. The molecule has 0 atom stereocenters. The lowest BCUT2D eigenvalue weighted by atomic mass is 10.2. The van der Waals surface area contributed by atoms with E-state index in [-0.39, 0.29) is 0 Å². The summed E-state index contributed by atoms with van der Waals surface area (Å²) in [7, 11) is -2.90. The molecule has 0 aliphatic heterocycles. The Morgan fingerprint density at radius 3 is 2.38 bits per heavy atom. The standard InChI is InChI=1S/C20H33N3O2S/c1-5-7-11-19-22-18-15-21-17(4)16(3)20(18)23(19)12-9-10-14-26(24,25)13-8-6-2/h15H,5-14H2,1-4H3. The number of pyridine rings is 1. The third-order valence-corrected chi connectivity index (χ3v) is 6.82. The average Bonchev–Trinajstić information content (AvgIpc) is 2.96. The van der Waals surface area contributed by atoms with E-state index in [4.69, 9.17) is 4.98 Å². The fraction of sp³-hybridized carbons (Fsp3) is 0.700. The van der Waals surface area contributed by atoms with Crippen molar-refractivity contribution in [3.05, 3.63) is 23.3 Å². The first kappa shape index (κ1) is 20.9. The van der Waals surface area contributed by atoms with Gasteiger partial charge in [-0.3, -0.25) is 4.98 Å². The van der Waals surface area contributed by atoms with Crippen molar-refractivity contribution in [1.29, 1.82) is 0 Å². The van der Waals surface area contributed by atoms with E-state index in [1.807, 2.05) is 20.0 Å². The highest BCUT2D eigenvalue weighted by Crippen LogP contribution is 2.23. The maximum atomic E-state index is 12.0. The zero-order valence-corrected chi connectivity index (χ0v) is 17.5. The highest BCUT2D eigenvalue weighted by atomic mass is 32.2. The predicted molar refractivity (Wildman–Crippen MR) is 108 cm³/mol. The summed E-state index contributed by atoms with van der Waals surface area (Å²) in [5.74, 6) is 1.72. The molecule has 26 heavy (non-hydrogen) atoms. The molecule has 0 saturated carbocycles. The van der Waals surface area contributed by atoms with Crippen LogP contribution in [0, 0.1) is 13.8 Å². The number of aryl methyl sites for hydroxylation is 4. The Balaban J connectivity index is 2.13. The lowest BCUT2D eigenvalue weighted by Crippen LogP contribution is -2.12. The van der Waals surface area contributed by atoms with Crippen LogP contribution in [0.25, 0.3) is 11.0 Å². The molecule has 6 heteroatoms. The van der Waals surface area contributed by atoms with Crippen LogP contribution in [0.5, 0.6) is 0 Å². The van der Waals surface area contributed by atoms with Gasteiger partial charge in [-0.1, -0.05) is 26.7 Å². The van der Waals surface area contributed by atoms with E-state index in [0.717, 1.165) is 67.6 Å². The first-order valence-corrected chi connectivity index (χ1v) is 11.7. The zero-order valence-electron chi connectivity index (χ0n) is 16.7. The molecule has 0 aliphatic carbocycles. The van der Waals surface area contributed by atoms with Crippen LogP contribution in [-0.2, 0) is 22.8 Å². The summed E-state index contributed by atoms with van der Waals surface area (Å²) in [6.45, 7) is 9.16. The molecule has 2 rings (SSSR count). The van der Waals surface area contributed by atoms with Gasteiger partial charge in [0.1, 0.15) is 21.2 Å². The van der Waals surface area contributed by atoms with Crippen LogP contribution in [-0.4, -0.2) is 34.5 Å². The highest BCUT2D eigenvalue weighted by molar-refractivity contribution is 7.91. The third-order valence-electron chi connectivity index (χ3n) is 5.00. The minimum atomic E-state index is -2.90. The molecule has 0 fully saturated rings. The first-order valence-electron chi connectivity index (χ1n) is 9.91. The molecule has 0 N–H and O–H groups in total. The summed E-state index contributed by atoms with van der Waals surface area (Å²) in [4.78, 5) is 9.25. The molecule has 5 nitrogen and oxygen atoms in total. The molecular formula is C20H33N3O2S. The van der Waals surface area contributed by atoms with Crippen molar-refractivity contribution < 1.29 is 8.42 Å². The molecule has 0 aromatic carbocycles. The van der Waals surface area contributed by atoms with Crippen molar-refractivity contribution in [1.82, 2.24) is 14.5 Å². The zero-order chi connectivity index (χ0) is 19.2. The van der Waals surface area contributed by atoms with Crippen molar-refractivity contribution in [3.8, 4) is 0 Å². The van der Waals surface area contributed by atoms with E-state index in [9.17, 15) is 8.42 Å². The van der Waals surface area contributed by atoms with E-state index in [1.165, 1.54) is 5.56 Å². The van der Waals surface area contributed by atoms with E-state index in [0.29, 0.717) is 17.9 Å². The molecule has 2 aromatic heterocycles. The number of nitrogens with zero attached hydrogens (tertiary/aromatic N) is 3. The van der Waals surface area contributed by atoms with E-state index < -0.39 is 9.84 Å². The molecule has 146 valence electrons. The van der Waals surface area contributed by atoms with Crippen LogP contribution in [0.15, 0.2) is 6.20 Å². The van der Waals surface area contributed by atoms with Crippen molar-refractivity contribution in [2.45, 2.75) is 79.2 Å². The van der Waals surface area contributed by atoms with Crippen LogP contribution in [0.2, 0.25) is 0 Å². The van der Waals surface area contributed by atoms with Crippen LogP contribution >= 0.6 is 0 Å².